The quantitative estimate of drug-likeness (QED) is 0.141. The molecule has 0 amide bonds. The molecule has 0 saturated carbocycles. The molecule has 6 heterocycles. The molecule has 2 aromatic heterocycles. The Morgan fingerprint density at radius 3 is 1.50 bits per heavy atom. The summed E-state index contributed by atoms with van der Waals surface area (Å²) < 4.78 is 20.2. The van der Waals surface area contributed by atoms with Crippen molar-refractivity contribution in [1.82, 2.24) is 4.57 Å². The van der Waals surface area contributed by atoms with Crippen molar-refractivity contribution in [3.05, 3.63) is 291 Å². The molecule has 4 aliphatic heterocycles. The summed E-state index contributed by atoms with van der Waals surface area (Å²) in [6.45, 7) is -0.387. The van der Waals surface area contributed by atoms with Crippen LogP contribution >= 0.6 is 23.1 Å². The summed E-state index contributed by atoms with van der Waals surface area (Å²) in [6.07, 6.45) is 0. The molecule has 0 saturated heterocycles. The first-order chi connectivity index (χ1) is 43.7. The molecular weight excluding hydrogens is 1110 g/mol. The number of aromatic nitrogens is 1. The molecular formula is C78H48B2N4O2S2. The smallest absolute Gasteiger partial charge is 0.256 e. The highest BCUT2D eigenvalue weighted by atomic mass is 32.2. The van der Waals surface area contributed by atoms with E-state index in [9.17, 15) is 0 Å². The molecule has 15 aromatic rings. The maximum absolute atomic E-state index is 7.83. The predicted molar refractivity (Wildman–Crippen MR) is 371 cm³/mol. The van der Waals surface area contributed by atoms with Crippen LogP contribution in [0.3, 0.4) is 0 Å². The van der Waals surface area contributed by atoms with Crippen LogP contribution in [-0.2, 0) is 0 Å². The van der Waals surface area contributed by atoms with E-state index >= 15 is 0 Å². The molecule has 10 heteroatoms. The maximum Gasteiger partial charge on any atom is 0.256 e. The van der Waals surface area contributed by atoms with E-state index in [-0.39, 0.29) is 13.4 Å². The molecule has 0 spiro atoms. The Morgan fingerprint density at radius 2 is 0.852 bits per heavy atom. The zero-order valence-corrected chi connectivity index (χ0v) is 48.9. The molecule has 410 valence electrons. The fraction of sp³-hybridized carbons (Fsp3) is 0. The van der Waals surface area contributed by atoms with Gasteiger partial charge in [0.15, 0.2) is 0 Å². The van der Waals surface area contributed by atoms with E-state index in [1.807, 2.05) is 23.1 Å². The lowest BCUT2D eigenvalue weighted by Crippen LogP contribution is -2.63. The second kappa shape index (κ2) is 19.4. The monoisotopic (exact) mass is 1160 g/mol. The minimum absolute atomic E-state index is 0.151. The van der Waals surface area contributed by atoms with Gasteiger partial charge in [0.2, 0.25) is 0 Å². The van der Waals surface area contributed by atoms with Gasteiger partial charge in [-0.1, -0.05) is 193 Å². The van der Waals surface area contributed by atoms with Crippen LogP contribution in [0.2, 0.25) is 0 Å². The van der Waals surface area contributed by atoms with Gasteiger partial charge in [-0.25, -0.2) is 0 Å². The van der Waals surface area contributed by atoms with Crippen LogP contribution in [0.1, 0.15) is 0 Å². The van der Waals surface area contributed by atoms with Gasteiger partial charge in [-0.3, -0.25) is 0 Å². The molecule has 4 aliphatic rings. The van der Waals surface area contributed by atoms with Crippen molar-refractivity contribution in [2.45, 2.75) is 9.79 Å². The van der Waals surface area contributed by atoms with Gasteiger partial charge >= 0.3 is 0 Å². The number of thiophene rings is 1. The third kappa shape index (κ3) is 7.40. The number of anilines is 9. The van der Waals surface area contributed by atoms with Gasteiger partial charge in [0, 0.05) is 93.7 Å². The Hall–Kier alpha value is -10.6. The minimum Gasteiger partial charge on any atom is -0.457 e. The highest BCUT2D eigenvalue weighted by Crippen LogP contribution is 2.51. The first-order valence-corrected chi connectivity index (χ1v) is 31.6. The summed E-state index contributed by atoms with van der Waals surface area (Å²) in [5.74, 6) is 3.49. The van der Waals surface area contributed by atoms with Crippen molar-refractivity contribution in [2.24, 2.45) is 0 Å². The van der Waals surface area contributed by atoms with Crippen LogP contribution in [0, 0.1) is 0 Å². The van der Waals surface area contributed by atoms with Crippen molar-refractivity contribution in [3.8, 4) is 28.7 Å². The molecule has 88 heavy (non-hydrogen) atoms. The number of rotatable bonds is 8. The molecule has 13 aromatic carbocycles. The normalized spacial score (nSPS) is 13.1. The topological polar surface area (TPSA) is 33.1 Å². The van der Waals surface area contributed by atoms with E-state index in [0.717, 1.165) is 112 Å². The van der Waals surface area contributed by atoms with Crippen LogP contribution in [0.5, 0.6) is 23.0 Å². The number of para-hydroxylation sites is 7. The summed E-state index contributed by atoms with van der Waals surface area (Å²) in [5.41, 5.74) is 19.9. The fourth-order valence-corrected chi connectivity index (χ4v) is 17.0. The third-order valence-corrected chi connectivity index (χ3v) is 20.6. The molecule has 19 rings (SSSR count). The molecule has 6 nitrogen and oxygen atoms in total. The van der Waals surface area contributed by atoms with E-state index < -0.39 is 0 Å². The van der Waals surface area contributed by atoms with Gasteiger partial charge < -0.3 is 28.7 Å². The van der Waals surface area contributed by atoms with E-state index in [1.54, 1.807) is 0 Å². The number of hydrogen-bond acceptors (Lipinski definition) is 7. The summed E-state index contributed by atoms with van der Waals surface area (Å²) >= 11 is 3.68. The average Bonchev–Trinajstić information content (AvgIpc) is 1.10. The van der Waals surface area contributed by atoms with Gasteiger partial charge in [-0.15, -0.1) is 11.3 Å². The van der Waals surface area contributed by atoms with Crippen LogP contribution in [-0.4, -0.2) is 18.0 Å². The molecule has 0 atom stereocenters. The minimum atomic E-state index is -0.237. The van der Waals surface area contributed by atoms with Crippen molar-refractivity contribution in [1.29, 1.82) is 0 Å². The van der Waals surface area contributed by atoms with Gasteiger partial charge in [0.1, 0.15) is 23.0 Å². The second-order valence-corrected chi connectivity index (χ2v) is 25.2. The van der Waals surface area contributed by atoms with E-state index in [4.69, 9.17) is 9.47 Å². The lowest BCUT2D eigenvalue weighted by atomic mass is 9.31. The maximum atomic E-state index is 7.83. The summed E-state index contributed by atoms with van der Waals surface area (Å²) in [7, 11) is 0. The fourth-order valence-electron chi connectivity index (χ4n) is 14.6. The van der Waals surface area contributed by atoms with Gasteiger partial charge in [-0.05, 0) is 130 Å². The molecule has 0 N–H and O–H groups in total. The van der Waals surface area contributed by atoms with Crippen molar-refractivity contribution in [3.63, 3.8) is 0 Å². The second-order valence-electron chi connectivity index (χ2n) is 23.1. The molecule has 0 fully saturated rings. The van der Waals surface area contributed by atoms with Gasteiger partial charge in [-0.2, -0.15) is 0 Å². The van der Waals surface area contributed by atoms with E-state index in [0.29, 0.717) is 0 Å². The predicted octanol–water partition coefficient (Wildman–Crippen LogP) is 17.6. The molecule has 0 radical (unpaired) electrons. The number of hydrogen-bond donors (Lipinski definition) is 0. The lowest BCUT2D eigenvalue weighted by Gasteiger charge is -2.42. The molecule has 0 aliphatic carbocycles. The Morgan fingerprint density at radius 1 is 0.341 bits per heavy atom. The SMILES string of the molecule is c1ccc(N(c2ccccc2)c2cc3c4c(c2)Sc2cc5c(cc2B4c2ccc4c(sc6ccccc64)c2O3)B2c3ccc4c6ccccc6n(-c6ccccc6)c4c3Oc3cc(N(c4ccccc4)c4ccccc4)cc(c32)N5c2ccccc2)cc1. The Kier molecular flexibility index (Phi) is 11.0. The van der Waals surface area contributed by atoms with Crippen LogP contribution < -0.4 is 57.0 Å². The van der Waals surface area contributed by atoms with E-state index in [1.165, 1.54) is 52.5 Å². The van der Waals surface area contributed by atoms with Crippen LogP contribution in [0.4, 0.5) is 51.2 Å². The molecule has 0 unspecified atom stereocenters. The van der Waals surface area contributed by atoms with Crippen LogP contribution in [0.25, 0.3) is 47.7 Å². The highest BCUT2D eigenvalue weighted by Gasteiger charge is 2.47. The van der Waals surface area contributed by atoms with Crippen molar-refractivity contribution < 1.29 is 9.47 Å². The first-order valence-electron chi connectivity index (χ1n) is 30.0. The van der Waals surface area contributed by atoms with E-state index in [2.05, 4.69) is 310 Å². The van der Waals surface area contributed by atoms with Gasteiger partial charge in [0.25, 0.3) is 13.4 Å². The summed E-state index contributed by atoms with van der Waals surface area (Å²) in [6, 6.07) is 106. The third-order valence-electron chi connectivity index (χ3n) is 18.3. The average molecular weight is 1160 g/mol. The Bertz CT molecular complexity index is 5260. The van der Waals surface area contributed by atoms with Crippen molar-refractivity contribution >= 4 is 162 Å². The largest absolute Gasteiger partial charge is 0.457 e. The lowest BCUT2D eigenvalue weighted by molar-refractivity contribution is 0.491. The van der Waals surface area contributed by atoms with Crippen molar-refractivity contribution in [2.75, 3.05) is 14.7 Å². The Labute approximate surface area is 517 Å². The highest BCUT2D eigenvalue weighted by molar-refractivity contribution is 8.00. The molecule has 0 bridgehead atoms. The van der Waals surface area contributed by atoms with Crippen LogP contribution in [0.15, 0.2) is 301 Å². The number of benzene rings is 13. The number of nitrogens with zero attached hydrogens (tertiary/aromatic N) is 4. The standard InChI is InChI=1S/C78H48B2N4O2S2/c1-7-23-49(24-8-1)81(50-25-9-2-10-26-50)55-43-67-73-68(44-55)85-76-61(41-39-59-57-35-19-21-37-65(57)84(75(59)76)54-33-17-6-18-34-54)79(73)63-47-64-71(48-66(63)83(67)53-31-15-5-16-32-53)87-72-46-56(82(51-27-11-3-12-28-51)52-29-13-4-14-30-52)45-69-74(72)80(64)62-42-40-60-58-36-20-22-38-70(58)88-78(60)77(62)86-69/h1-48H. The number of fused-ring (bicyclic) bond motifs is 16. The zero-order chi connectivity index (χ0) is 57.6. The first kappa shape index (κ1) is 49.6. The Balaban J connectivity index is 0.909. The summed E-state index contributed by atoms with van der Waals surface area (Å²) in [4.78, 5) is 9.62. The zero-order valence-electron chi connectivity index (χ0n) is 47.3. The number of ether oxygens (including phenoxy) is 2. The summed E-state index contributed by atoms with van der Waals surface area (Å²) in [5, 5.41) is 4.78. The van der Waals surface area contributed by atoms with Gasteiger partial charge in [0.05, 0.1) is 27.1 Å².